The lowest BCUT2D eigenvalue weighted by atomic mass is 10.1. The molecule has 4 nitrogen and oxygen atoms in total. The molecule has 0 amide bonds. The minimum absolute atomic E-state index is 0.337. The number of nitrogens with zero attached hydrogens (tertiary/aromatic N) is 2. The summed E-state index contributed by atoms with van der Waals surface area (Å²) in [6, 6.07) is 5.40. The van der Waals surface area contributed by atoms with Crippen LogP contribution in [0.15, 0.2) is 18.2 Å². The Hall–Kier alpha value is -1.26. The highest BCUT2D eigenvalue weighted by atomic mass is 16.5. The van der Waals surface area contributed by atoms with E-state index in [9.17, 15) is 5.11 Å². The maximum Gasteiger partial charge on any atom is 0.120 e. The summed E-state index contributed by atoms with van der Waals surface area (Å²) in [5, 5.41) is 10.00. The molecule has 1 N–H and O–H groups in total. The van der Waals surface area contributed by atoms with Crippen molar-refractivity contribution in [1.82, 2.24) is 9.80 Å². The Balaban J connectivity index is 2.76. The minimum Gasteiger partial charge on any atom is -0.508 e. The van der Waals surface area contributed by atoms with E-state index in [1.807, 2.05) is 6.07 Å². The summed E-state index contributed by atoms with van der Waals surface area (Å²) in [6.07, 6.45) is 0. The van der Waals surface area contributed by atoms with Gasteiger partial charge in [-0.25, -0.2) is 0 Å². The number of phenolic OH excluding ortho intramolecular Hbond substituents is 1. The molecule has 0 saturated heterocycles. The van der Waals surface area contributed by atoms with Gasteiger partial charge >= 0.3 is 0 Å². The van der Waals surface area contributed by atoms with Crippen molar-refractivity contribution in [3.63, 3.8) is 0 Å². The van der Waals surface area contributed by atoms with Gasteiger partial charge in [0.25, 0.3) is 0 Å². The van der Waals surface area contributed by atoms with Crippen LogP contribution < -0.4 is 4.74 Å². The lowest BCUT2D eigenvalue weighted by Crippen LogP contribution is -2.34. The monoisotopic (exact) mass is 280 g/mol. The quantitative estimate of drug-likeness (QED) is 0.793. The number of phenols is 1. The Morgan fingerprint density at radius 3 is 2.45 bits per heavy atom. The van der Waals surface area contributed by atoms with E-state index in [0.717, 1.165) is 37.5 Å². The second-order valence-corrected chi connectivity index (χ2v) is 5.93. The zero-order valence-electron chi connectivity index (χ0n) is 13.4. The molecule has 0 atom stereocenters. The van der Waals surface area contributed by atoms with Crippen LogP contribution in [0.1, 0.15) is 19.4 Å². The minimum atomic E-state index is 0.337. The Labute approximate surface area is 123 Å². The predicted molar refractivity (Wildman–Crippen MR) is 83.3 cm³/mol. The average molecular weight is 280 g/mol. The third kappa shape index (κ3) is 5.80. The van der Waals surface area contributed by atoms with Crippen molar-refractivity contribution in [1.29, 1.82) is 0 Å². The van der Waals surface area contributed by atoms with Crippen LogP contribution in [0.25, 0.3) is 0 Å². The molecule has 0 bridgehead atoms. The molecule has 0 aliphatic heterocycles. The normalized spacial score (nSPS) is 11.6. The predicted octanol–water partition coefficient (Wildman–Crippen LogP) is 2.42. The molecule has 0 aromatic heterocycles. The number of aromatic hydroxyl groups is 1. The van der Waals surface area contributed by atoms with Crippen LogP contribution in [0.2, 0.25) is 0 Å². The fourth-order valence-corrected chi connectivity index (χ4v) is 2.15. The molecule has 0 heterocycles. The molecule has 1 aromatic rings. The maximum atomic E-state index is 10.00. The Morgan fingerprint density at radius 2 is 1.90 bits per heavy atom. The molecule has 114 valence electrons. The molecule has 0 saturated carbocycles. The fraction of sp³-hybridized carbons (Fsp3) is 0.625. The van der Waals surface area contributed by atoms with Gasteiger partial charge in [0, 0.05) is 31.7 Å². The van der Waals surface area contributed by atoms with Crippen LogP contribution in [0, 0.1) is 5.92 Å². The standard InChI is InChI=1S/C16H28N2O2/c1-13(2)11-18(9-8-17(3)4)12-14-10-15(20-5)6-7-16(14)19/h6-7,10,13,19H,8-9,11-12H2,1-5H3. The smallest absolute Gasteiger partial charge is 0.120 e. The fourth-order valence-electron chi connectivity index (χ4n) is 2.15. The molecular formula is C16H28N2O2. The molecule has 4 heteroatoms. The molecule has 20 heavy (non-hydrogen) atoms. The van der Waals surface area contributed by atoms with E-state index in [-0.39, 0.29) is 0 Å². The van der Waals surface area contributed by atoms with E-state index in [2.05, 4.69) is 37.7 Å². The third-order valence-electron chi connectivity index (χ3n) is 3.17. The van der Waals surface area contributed by atoms with E-state index >= 15 is 0 Å². The Morgan fingerprint density at radius 1 is 1.20 bits per heavy atom. The van der Waals surface area contributed by atoms with E-state index in [4.69, 9.17) is 4.74 Å². The van der Waals surface area contributed by atoms with E-state index in [1.54, 1.807) is 19.2 Å². The van der Waals surface area contributed by atoms with Crippen molar-refractivity contribution in [2.75, 3.05) is 40.8 Å². The van der Waals surface area contributed by atoms with Gasteiger partial charge in [0.2, 0.25) is 0 Å². The second-order valence-electron chi connectivity index (χ2n) is 5.93. The second kappa shape index (κ2) is 8.12. The average Bonchev–Trinajstić information content (AvgIpc) is 2.37. The first kappa shape index (κ1) is 16.8. The van der Waals surface area contributed by atoms with Gasteiger partial charge < -0.3 is 14.7 Å². The topological polar surface area (TPSA) is 35.9 Å². The molecule has 0 aliphatic carbocycles. The van der Waals surface area contributed by atoms with Crippen LogP contribution in [-0.4, -0.2) is 55.7 Å². The lowest BCUT2D eigenvalue weighted by molar-refractivity contribution is 0.209. The molecule has 0 spiro atoms. The summed E-state index contributed by atoms with van der Waals surface area (Å²) < 4.78 is 5.23. The van der Waals surface area contributed by atoms with Gasteiger partial charge in [-0.05, 0) is 38.2 Å². The van der Waals surface area contributed by atoms with Gasteiger partial charge in [0.15, 0.2) is 0 Å². The van der Waals surface area contributed by atoms with Crippen molar-refractivity contribution >= 4 is 0 Å². The van der Waals surface area contributed by atoms with Gasteiger partial charge in [-0.1, -0.05) is 13.8 Å². The van der Waals surface area contributed by atoms with Gasteiger partial charge in [0.1, 0.15) is 11.5 Å². The number of likely N-dealkylation sites (N-methyl/N-ethyl adjacent to an activating group) is 1. The molecule has 0 aliphatic rings. The van der Waals surface area contributed by atoms with Crippen LogP contribution in [0.3, 0.4) is 0 Å². The first-order valence-corrected chi connectivity index (χ1v) is 7.15. The van der Waals surface area contributed by atoms with Crippen LogP contribution in [0.4, 0.5) is 0 Å². The zero-order chi connectivity index (χ0) is 15.1. The van der Waals surface area contributed by atoms with Gasteiger partial charge in [-0.15, -0.1) is 0 Å². The highest BCUT2D eigenvalue weighted by Crippen LogP contribution is 2.24. The highest BCUT2D eigenvalue weighted by molar-refractivity contribution is 5.39. The molecule has 0 radical (unpaired) electrons. The van der Waals surface area contributed by atoms with Gasteiger partial charge in [0.05, 0.1) is 7.11 Å². The SMILES string of the molecule is COc1ccc(O)c(CN(CCN(C)C)CC(C)C)c1. The number of rotatable bonds is 8. The summed E-state index contributed by atoms with van der Waals surface area (Å²) in [7, 11) is 5.81. The van der Waals surface area contributed by atoms with Crippen molar-refractivity contribution < 1.29 is 9.84 Å². The maximum absolute atomic E-state index is 10.00. The number of hydrogen-bond donors (Lipinski definition) is 1. The summed E-state index contributed by atoms with van der Waals surface area (Å²) in [5.41, 5.74) is 0.920. The van der Waals surface area contributed by atoms with Crippen molar-refractivity contribution in [2.24, 2.45) is 5.92 Å². The van der Waals surface area contributed by atoms with E-state index in [0.29, 0.717) is 11.7 Å². The molecule has 0 unspecified atom stereocenters. The van der Waals surface area contributed by atoms with E-state index < -0.39 is 0 Å². The van der Waals surface area contributed by atoms with Crippen LogP contribution >= 0.6 is 0 Å². The Kier molecular flexibility index (Phi) is 6.82. The Bertz CT molecular complexity index is 405. The first-order chi connectivity index (χ1) is 9.42. The van der Waals surface area contributed by atoms with Gasteiger partial charge in [-0.2, -0.15) is 0 Å². The third-order valence-corrected chi connectivity index (χ3v) is 3.17. The van der Waals surface area contributed by atoms with Crippen LogP contribution in [0.5, 0.6) is 11.5 Å². The van der Waals surface area contributed by atoms with Crippen molar-refractivity contribution in [2.45, 2.75) is 20.4 Å². The summed E-state index contributed by atoms with van der Waals surface area (Å²) >= 11 is 0. The number of hydrogen-bond acceptors (Lipinski definition) is 4. The summed E-state index contributed by atoms with van der Waals surface area (Å²) in [5.74, 6) is 1.73. The van der Waals surface area contributed by atoms with E-state index in [1.165, 1.54) is 0 Å². The highest BCUT2D eigenvalue weighted by Gasteiger charge is 2.12. The lowest BCUT2D eigenvalue weighted by Gasteiger charge is -2.26. The molecular weight excluding hydrogens is 252 g/mol. The molecule has 0 fully saturated rings. The summed E-state index contributed by atoms with van der Waals surface area (Å²) in [4.78, 5) is 4.55. The molecule has 1 aromatic carbocycles. The first-order valence-electron chi connectivity index (χ1n) is 7.15. The van der Waals surface area contributed by atoms with Gasteiger partial charge in [-0.3, -0.25) is 4.90 Å². The zero-order valence-corrected chi connectivity index (χ0v) is 13.4. The molecule has 1 rings (SSSR count). The van der Waals surface area contributed by atoms with Crippen molar-refractivity contribution in [3.05, 3.63) is 23.8 Å². The van der Waals surface area contributed by atoms with Crippen LogP contribution in [-0.2, 0) is 6.54 Å². The number of benzene rings is 1. The largest absolute Gasteiger partial charge is 0.508 e. The van der Waals surface area contributed by atoms with Crippen molar-refractivity contribution in [3.8, 4) is 11.5 Å². The number of methoxy groups -OCH3 is 1. The number of ether oxygens (including phenoxy) is 1. The summed E-state index contributed by atoms with van der Waals surface area (Å²) in [6.45, 7) is 8.20.